The van der Waals surface area contributed by atoms with Crippen molar-refractivity contribution in [3.63, 3.8) is 0 Å². The maximum Gasteiger partial charge on any atom is 0.210 e. The zero-order chi connectivity index (χ0) is 17.8. The van der Waals surface area contributed by atoms with Crippen molar-refractivity contribution < 1.29 is 0 Å². The summed E-state index contributed by atoms with van der Waals surface area (Å²) in [6.07, 6.45) is 6.99. The molecule has 4 rings (SSSR count). The number of rotatable bonds is 6. The molecule has 1 aliphatic heterocycles. The normalized spacial score (nSPS) is 18.1. The number of H-pyrrole nitrogens is 1. The van der Waals surface area contributed by atoms with Gasteiger partial charge < -0.3 is 5.32 Å². The van der Waals surface area contributed by atoms with Gasteiger partial charge in [0.15, 0.2) is 0 Å². The Hall–Kier alpha value is -2.39. The number of piperidine rings is 1. The molecule has 1 saturated heterocycles. The number of aromatic nitrogens is 6. The summed E-state index contributed by atoms with van der Waals surface area (Å²) >= 11 is 1.45. The van der Waals surface area contributed by atoms with Gasteiger partial charge in [-0.2, -0.15) is 5.10 Å². The molecule has 2 N–H and O–H groups in total. The molecule has 4 heterocycles. The van der Waals surface area contributed by atoms with Crippen molar-refractivity contribution in [2.45, 2.75) is 32.7 Å². The summed E-state index contributed by atoms with van der Waals surface area (Å²) in [5, 5.41) is 18.9. The summed E-state index contributed by atoms with van der Waals surface area (Å²) in [4.78, 5) is 11.3. The summed E-state index contributed by atoms with van der Waals surface area (Å²) < 4.78 is 0. The fourth-order valence-corrected chi connectivity index (χ4v) is 3.90. The Morgan fingerprint density at radius 2 is 2.35 bits per heavy atom. The van der Waals surface area contributed by atoms with Crippen LogP contribution in [0, 0.1) is 12.8 Å². The van der Waals surface area contributed by atoms with Crippen LogP contribution in [-0.4, -0.2) is 48.4 Å². The van der Waals surface area contributed by atoms with Gasteiger partial charge in [0.2, 0.25) is 5.13 Å². The molecule has 3 aromatic heterocycles. The highest BCUT2D eigenvalue weighted by Crippen LogP contribution is 2.23. The number of likely N-dealkylation sites (tertiary alicyclic amines) is 1. The van der Waals surface area contributed by atoms with Crippen LogP contribution in [0.5, 0.6) is 0 Å². The molecule has 136 valence electrons. The first-order chi connectivity index (χ1) is 12.8. The Labute approximate surface area is 156 Å². The Morgan fingerprint density at radius 3 is 3.15 bits per heavy atom. The van der Waals surface area contributed by atoms with E-state index in [1.165, 1.54) is 29.7 Å². The van der Waals surface area contributed by atoms with Crippen LogP contribution in [0.4, 0.5) is 10.9 Å². The van der Waals surface area contributed by atoms with E-state index >= 15 is 0 Å². The molecule has 3 aromatic rings. The summed E-state index contributed by atoms with van der Waals surface area (Å²) in [5.74, 6) is 1.38. The Kier molecular flexibility index (Phi) is 5.16. The molecule has 0 bridgehead atoms. The number of hydrogen-bond donors (Lipinski definition) is 2. The quantitative estimate of drug-likeness (QED) is 0.688. The number of hydrogen-bond acceptors (Lipinski definition) is 8. The molecule has 0 spiro atoms. The van der Waals surface area contributed by atoms with Crippen molar-refractivity contribution in [1.29, 1.82) is 0 Å². The molecule has 0 amide bonds. The van der Waals surface area contributed by atoms with E-state index in [2.05, 4.69) is 47.5 Å². The van der Waals surface area contributed by atoms with Crippen LogP contribution in [0.25, 0.3) is 0 Å². The number of anilines is 2. The standard InChI is InChI=1S/C17H22N8S/c1-12-14(7-20-23-12)9-25-4-2-3-13(8-25)5-15-6-16(19-10-18-15)22-17-24-21-11-26-17/h6-7,10-11,13H,2-5,8-9H2,1H3,(H,20,23)(H,18,19,22,24)/t13-/m1/s1. The molecule has 26 heavy (non-hydrogen) atoms. The van der Waals surface area contributed by atoms with Gasteiger partial charge in [-0.05, 0) is 38.6 Å². The molecule has 1 aliphatic rings. The second-order valence-corrected chi connectivity index (χ2v) is 7.56. The zero-order valence-corrected chi connectivity index (χ0v) is 15.5. The fourth-order valence-electron chi connectivity index (χ4n) is 3.45. The van der Waals surface area contributed by atoms with Crippen molar-refractivity contribution >= 4 is 22.3 Å². The van der Waals surface area contributed by atoms with Gasteiger partial charge in [-0.1, -0.05) is 11.3 Å². The first-order valence-corrected chi connectivity index (χ1v) is 9.69. The molecule has 0 radical (unpaired) electrons. The highest BCUT2D eigenvalue weighted by molar-refractivity contribution is 7.13. The first kappa shape index (κ1) is 17.0. The third-order valence-corrected chi connectivity index (χ3v) is 5.35. The molecular formula is C17H22N8S. The molecule has 0 aromatic carbocycles. The molecule has 1 atom stereocenters. The van der Waals surface area contributed by atoms with Gasteiger partial charge in [0, 0.05) is 36.1 Å². The fraction of sp³-hybridized carbons (Fsp3) is 0.471. The molecular weight excluding hydrogens is 348 g/mol. The lowest BCUT2D eigenvalue weighted by molar-refractivity contribution is 0.166. The number of nitrogens with zero attached hydrogens (tertiary/aromatic N) is 6. The van der Waals surface area contributed by atoms with Crippen LogP contribution in [0.2, 0.25) is 0 Å². The predicted octanol–water partition coefficient (Wildman–Crippen LogP) is 2.56. The molecule has 0 saturated carbocycles. The average Bonchev–Trinajstić information content (AvgIpc) is 3.28. The Bertz CT molecular complexity index is 831. The van der Waals surface area contributed by atoms with E-state index < -0.39 is 0 Å². The second-order valence-electron chi connectivity index (χ2n) is 6.73. The molecule has 0 aliphatic carbocycles. The minimum absolute atomic E-state index is 0.611. The van der Waals surface area contributed by atoms with Gasteiger partial charge in [-0.3, -0.25) is 10.00 Å². The largest absolute Gasteiger partial charge is 0.315 e. The van der Waals surface area contributed by atoms with Gasteiger partial charge in [-0.25, -0.2) is 9.97 Å². The van der Waals surface area contributed by atoms with Crippen molar-refractivity contribution in [2.24, 2.45) is 5.92 Å². The smallest absolute Gasteiger partial charge is 0.210 e. The molecule has 8 nitrogen and oxygen atoms in total. The van der Waals surface area contributed by atoms with Gasteiger partial charge in [0.1, 0.15) is 17.7 Å². The van der Waals surface area contributed by atoms with E-state index in [4.69, 9.17) is 0 Å². The third-order valence-electron chi connectivity index (χ3n) is 4.75. The summed E-state index contributed by atoms with van der Waals surface area (Å²) in [6, 6.07) is 2.01. The zero-order valence-electron chi connectivity index (χ0n) is 14.7. The number of nitrogens with one attached hydrogen (secondary N) is 2. The highest BCUT2D eigenvalue weighted by Gasteiger charge is 2.21. The van der Waals surface area contributed by atoms with Crippen molar-refractivity contribution in [1.82, 2.24) is 35.3 Å². The van der Waals surface area contributed by atoms with Crippen molar-refractivity contribution in [3.8, 4) is 0 Å². The molecule has 9 heteroatoms. The summed E-state index contributed by atoms with van der Waals surface area (Å²) in [6.45, 7) is 5.28. The topological polar surface area (TPSA) is 95.5 Å². The van der Waals surface area contributed by atoms with Gasteiger partial charge in [-0.15, -0.1) is 10.2 Å². The van der Waals surface area contributed by atoms with Crippen LogP contribution in [0.3, 0.4) is 0 Å². The van der Waals surface area contributed by atoms with Gasteiger partial charge in [0.25, 0.3) is 0 Å². The van der Waals surface area contributed by atoms with Gasteiger partial charge >= 0.3 is 0 Å². The number of aryl methyl sites for hydroxylation is 1. The SMILES string of the molecule is Cc1[nH]ncc1CN1CCC[C@H](Cc2cc(Nc3nncs3)ncn2)C1. The van der Waals surface area contributed by atoms with E-state index in [9.17, 15) is 0 Å². The van der Waals surface area contributed by atoms with Gasteiger partial charge in [0.05, 0.1) is 6.20 Å². The van der Waals surface area contributed by atoms with E-state index in [1.54, 1.807) is 11.8 Å². The number of aromatic amines is 1. The minimum atomic E-state index is 0.611. The first-order valence-electron chi connectivity index (χ1n) is 8.81. The van der Waals surface area contributed by atoms with Crippen LogP contribution >= 0.6 is 11.3 Å². The van der Waals surface area contributed by atoms with E-state index in [0.717, 1.165) is 48.4 Å². The highest BCUT2D eigenvalue weighted by atomic mass is 32.1. The average molecular weight is 370 g/mol. The van der Waals surface area contributed by atoms with E-state index in [0.29, 0.717) is 5.92 Å². The predicted molar refractivity (Wildman–Crippen MR) is 100 cm³/mol. The molecule has 1 fully saturated rings. The summed E-state index contributed by atoms with van der Waals surface area (Å²) in [7, 11) is 0. The van der Waals surface area contributed by atoms with Crippen LogP contribution < -0.4 is 5.32 Å². The lowest BCUT2D eigenvalue weighted by atomic mass is 9.93. The second kappa shape index (κ2) is 7.88. The minimum Gasteiger partial charge on any atom is -0.315 e. The molecule has 0 unspecified atom stereocenters. The van der Waals surface area contributed by atoms with E-state index in [-0.39, 0.29) is 0 Å². The van der Waals surface area contributed by atoms with Crippen LogP contribution in [0.15, 0.2) is 24.1 Å². The van der Waals surface area contributed by atoms with Crippen molar-refractivity contribution in [3.05, 3.63) is 41.1 Å². The maximum atomic E-state index is 4.46. The Balaban J connectivity index is 1.36. The third kappa shape index (κ3) is 4.23. The maximum absolute atomic E-state index is 4.46. The lowest BCUT2D eigenvalue weighted by Crippen LogP contribution is -2.35. The van der Waals surface area contributed by atoms with Crippen LogP contribution in [-0.2, 0) is 13.0 Å². The van der Waals surface area contributed by atoms with E-state index in [1.807, 2.05) is 12.3 Å². The van der Waals surface area contributed by atoms with Crippen molar-refractivity contribution in [2.75, 3.05) is 18.4 Å². The van der Waals surface area contributed by atoms with Crippen LogP contribution in [0.1, 0.15) is 29.8 Å². The lowest BCUT2D eigenvalue weighted by Gasteiger charge is -2.32. The Morgan fingerprint density at radius 1 is 1.38 bits per heavy atom. The monoisotopic (exact) mass is 370 g/mol. The summed E-state index contributed by atoms with van der Waals surface area (Å²) in [5.41, 5.74) is 5.22.